The van der Waals surface area contributed by atoms with Gasteiger partial charge in [-0.3, -0.25) is 0 Å². The van der Waals surface area contributed by atoms with Crippen molar-refractivity contribution in [2.75, 3.05) is 0 Å². The molecule has 0 aliphatic carbocycles. The van der Waals surface area contributed by atoms with Crippen LogP contribution in [0.4, 0.5) is 0 Å². The largest absolute Gasteiger partial charge is 0.319 e. The molecule has 0 aliphatic rings. The second kappa shape index (κ2) is 4.59. The van der Waals surface area contributed by atoms with E-state index in [1.54, 1.807) is 24.6 Å². The molecular formula is C8H13N5O2S. The maximum Gasteiger partial charge on any atom is 0.228 e. The van der Waals surface area contributed by atoms with Gasteiger partial charge >= 0.3 is 0 Å². The number of aromatic nitrogens is 3. The summed E-state index contributed by atoms with van der Waals surface area (Å²) >= 11 is 0. The molecule has 1 heterocycles. The molecule has 1 aromatic rings. The van der Waals surface area contributed by atoms with E-state index < -0.39 is 21.3 Å². The van der Waals surface area contributed by atoms with Gasteiger partial charge in [-0.1, -0.05) is 0 Å². The van der Waals surface area contributed by atoms with Crippen molar-refractivity contribution >= 4 is 10.0 Å². The zero-order valence-electron chi connectivity index (χ0n) is 9.25. The summed E-state index contributed by atoms with van der Waals surface area (Å²) in [6, 6.07) is 1.16. The predicted molar refractivity (Wildman–Crippen MR) is 56.5 cm³/mol. The number of hydrogen-bond acceptors (Lipinski definition) is 5. The Bertz CT molecular complexity index is 501. The van der Waals surface area contributed by atoms with Crippen LogP contribution >= 0.6 is 0 Å². The average molecular weight is 243 g/mol. The molecule has 0 radical (unpaired) electrons. The van der Waals surface area contributed by atoms with Crippen molar-refractivity contribution in [3.8, 4) is 6.07 Å². The normalized spacial score (nSPS) is 15.4. The average Bonchev–Trinajstić information content (AvgIpc) is 2.62. The molecule has 0 aliphatic heterocycles. The van der Waals surface area contributed by atoms with Gasteiger partial charge in [-0.2, -0.15) is 5.26 Å². The number of sulfonamides is 1. The lowest BCUT2D eigenvalue weighted by Crippen LogP contribution is -2.34. The van der Waals surface area contributed by atoms with Gasteiger partial charge in [-0.25, -0.2) is 13.1 Å². The second-order valence-corrected chi connectivity index (χ2v) is 5.49. The molecule has 0 bridgehead atoms. The van der Waals surface area contributed by atoms with Gasteiger partial charge < -0.3 is 4.57 Å². The molecule has 0 saturated heterocycles. The molecule has 1 rings (SSSR count). The van der Waals surface area contributed by atoms with Crippen LogP contribution in [0.1, 0.15) is 25.7 Å². The molecule has 0 aromatic carbocycles. The first kappa shape index (κ1) is 12.6. The summed E-state index contributed by atoms with van der Waals surface area (Å²) in [5, 5.41) is 14.9. The summed E-state index contributed by atoms with van der Waals surface area (Å²) in [6.07, 6.45) is 1.48. The van der Waals surface area contributed by atoms with E-state index in [1.165, 1.54) is 13.3 Å². The zero-order valence-corrected chi connectivity index (χ0v) is 10.1. The quantitative estimate of drug-likeness (QED) is 0.783. The second-order valence-electron chi connectivity index (χ2n) is 3.46. The summed E-state index contributed by atoms with van der Waals surface area (Å²) in [6.45, 7) is 2.97. The van der Waals surface area contributed by atoms with Crippen molar-refractivity contribution in [3.05, 3.63) is 12.2 Å². The van der Waals surface area contributed by atoms with Gasteiger partial charge in [0.2, 0.25) is 10.0 Å². The number of aryl methyl sites for hydroxylation is 1. The van der Waals surface area contributed by atoms with Gasteiger partial charge in [0.1, 0.15) is 12.2 Å². The van der Waals surface area contributed by atoms with Crippen molar-refractivity contribution in [3.63, 3.8) is 0 Å². The Morgan fingerprint density at radius 3 is 2.62 bits per heavy atom. The van der Waals surface area contributed by atoms with Crippen LogP contribution in [0.5, 0.6) is 0 Å². The lowest BCUT2D eigenvalue weighted by molar-refractivity contribution is 0.549. The molecule has 0 amide bonds. The molecule has 0 saturated carbocycles. The molecule has 1 aromatic heterocycles. The minimum Gasteiger partial charge on any atom is -0.319 e. The number of nitrogens with zero attached hydrogens (tertiary/aromatic N) is 4. The van der Waals surface area contributed by atoms with Gasteiger partial charge in [0.05, 0.1) is 12.1 Å². The van der Waals surface area contributed by atoms with Crippen LogP contribution in [0.15, 0.2) is 6.33 Å². The molecule has 1 N–H and O–H groups in total. The zero-order chi connectivity index (χ0) is 12.3. The van der Waals surface area contributed by atoms with E-state index in [-0.39, 0.29) is 0 Å². The van der Waals surface area contributed by atoms with Crippen LogP contribution in [0, 0.1) is 11.3 Å². The van der Waals surface area contributed by atoms with Gasteiger partial charge in [0, 0.05) is 7.05 Å². The summed E-state index contributed by atoms with van der Waals surface area (Å²) in [5.74, 6) is 0.494. The predicted octanol–water partition coefficient (Wildman–Crippen LogP) is -0.292. The molecule has 0 spiro atoms. The van der Waals surface area contributed by atoms with Crippen molar-refractivity contribution in [1.29, 1.82) is 5.26 Å². The first-order chi connectivity index (χ1) is 7.38. The highest BCUT2D eigenvalue weighted by Gasteiger charge is 2.24. The Morgan fingerprint density at radius 2 is 2.19 bits per heavy atom. The van der Waals surface area contributed by atoms with Gasteiger partial charge in [-0.15, -0.1) is 10.2 Å². The minimum atomic E-state index is -3.64. The number of hydrogen-bond donors (Lipinski definition) is 1. The van der Waals surface area contributed by atoms with Crippen LogP contribution in [-0.2, 0) is 17.1 Å². The van der Waals surface area contributed by atoms with E-state index in [0.717, 1.165) is 0 Å². The van der Waals surface area contributed by atoms with E-state index in [4.69, 9.17) is 5.26 Å². The molecule has 2 unspecified atom stereocenters. The Labute approximate surface area is 94.2 Å². The number of nitriles is 1. The molecule has 16 heavy (non-hydrogen) atoms. The summed E-state index contributed by atoms with van der Waals surface area (Å²) < 4.78 is 27.2. The molecule has 8 heteroatoms. The highest BCUT2D eigenvalue weighted by molar-refractivity contribution is 7.90. The lowest BCUT2D eigenvalue weighted by atomic mass is 10.3. The van der Waals surface area contributed by atoms with Crippen LogP contribution in [-0.4, -0.2) is 28.4 Å². The monoisotopic (exact) mass is 243 g/mol. The number of nitrogens with one attached hydrogen (secondary N) is 1. The topological polar surface area (TPSA) is 101 Å². The maximum absolute atomic E-state index is 11.6. The third-order valence-electron chi connectivity index (χ3n) is 2.12. The van der Waals surface area contributed by atoms with E-state index in [2.05, 4.69) is 14.9 Å². The third-order valence-corrected chi connectivity index (χ3v) is 3.84. The Morgan fingerprint density at radius 1 is 1.56 bits per heavy atom. The fourth-order valence-corrected chi connectivity index (χ4v) is 2.10. The standard InChI is InChI=1S/C8H13N5O2S/c1-6(4-9)16(14,15)12-7(2)8-11-10-5-13(8)3/h5-7,12H,1-3H3. The Balaban J connectivity index is 2.85. The summed E-state index contributed by atoms with van der Waals surface area (Å²) in [5.41, 5.74) is 0. The van der Waals surface area contributed by atoms with Crippen molar-refractivity contribution in [2.45, 2.75) is 25.1 Å². The first-order valence-corrected chi connectivity index (χ1v) is 6.17. The fraction of sp³-hybridized carbons (Fsp3) is 0.625. The lowest BCUT2D eigenvalue weighted by Gasteiger charge is -2.14. The van der Waals surface area contributed by atoms with Crippen molar-refractivity contribution < 1.29 is 8.42 Å². The van der Waals surface area contributed by atoms with E-state index in [0.29, 0.717) is 5.82 Å². The van der Waals surface area contributed by atoms with Crippen molar-refractivity contribution in [1.82, 2.24) is 19.5 Å². The van der Waals surface area contributed by atoms with Crippen LogP contribution in [0.2, 0.25) is 0 Å². The van der Waals surface area contributed by atoms with Gasteiger partial charge in [-0.05, 0) is 13.8 Å². The molecular weight excluding hydrogens is 230 g/mol. The van der Waals surface area contributed by atoms with E-state index in [9.17, 15) is 8.42 Å². The molecule has 2 atom stereocenters. The highest BCUT2D eigenvalue weighted by atomic mass is 32.2. The summed E-state index contributed by atoms with van der Waals surface area (Å²) in [4.78, 5) is 0. The van der Waals surface area contributed by atoms with Crippen LogP contribution in [0.25, 0.3) is 0 Å². The fourth-order valence-electron chi connectivity index (χ4n) is 1.15. The third kappa shape index (κ3) is 2.56. The van der Waals surface area contributed by atoms with Crippen LogP contribution in [0.3, 0.4) is 0 Å². The van der Waals surface area contributed by atoms with E-state index >= 15 is 0 Å². The minimum absolute atomic E-state index is 0.494. The van der Waals surface area contributed by atoms with Crippen molar-refractivity contribution in [2.24, 2.45) is 7.05 Å². The Hall–Kier alpha value is -1.46. The SMILES string of the molecule is CC(NS(=O)(=O)C(C)C#N)c1nncn1C. The Kier molecular flexibility index (Phi) is 3.62. The first-order valence-electron chi connectivity index (χ1n) is 4.63. The van der Waals surface area contributed by atoms with E-state index in [1.807, 2.05) is 0 Å². The molecule has 88 valence electrons. The van der Waals surface area contributed by atoms with Gasteiger partial charge in [0.25, 0.3) is 0 Å². The van der Waals surface area contributed by atoms with Gasteiger partial charge in [0.15, 0.2) is 5.25 Å². The summed E-state index contributed by atoms with van der Waals surface area (Å²) in [7, 11) is -1.93. The maximum atomic E-state index is 11.6. The number of rotatable bonds is 4. The van der Waals surface area contributed by atoms with Crippen LogP contribution < -0.4 is 4.72 Å². The molecule has 7 nitrogen and oxygen atoms in total. The highest BCUT2D eigenvalue weighted by Crippen LogP contribution is 2.10. The molecule has 0 fully saturated rings. The smallest absolute Gasteiger partial charge is 0.228 e.